The minimum Gasteiger partial charge on any atom is -0.481 e. The highest BCUT2D eigenvalue weighted by Crippen LogP contribution is 2.46. The van der Waals surface area contributed by atoms with Crippen LogP contribution in [0.25, 0.3) is 10.9 Å². The molecule has 1 unspecified atom stereocenters. The lowest BCUT2D eigenvalue weighted by Crippen LogP contribution is -2.08. The molecule has 1 aliphatic carbocycles. The number of halogens is 3. The first kappa shape index (κ1) is 14.0. The lowest BCUT2D eigenvalue weighted by molar-refractivity contribution is -0.140. The van der Waals surface area contributed by atoms with Gasteiger partial charge in [0.1, 0.15) is 5.69 Å². The maximum atomic E-state index is 12.8. The minimum atomic E-state index is -4.43. The SMILES string of the molecule is O=C(O)CC(c1cccc2[nH]c(C(F)(F)F)cc12)C1CC1. The third-order valence-electron chi connectivity index (χ3n) is 3.99. The van der Waals surface area contributed by atoms with Gasteiger partial charge in [-0.15, -0.1) is 0 Å². The highest BCUT2D eigenvalue weighted by Gasteiger charge is 2.36. The summed E-state index contributed by atoms with van der Waals surface area (Å²) >= 11 is 0. The molecule has 112 valence electrons. The van der Waals surface area contributed by atoms with Gasteiger partial charge in [0.2, 0.25) is 0 Å². The Kier molecular flexibility index (Phi) is 3.19. The van der Waals surface area contributed by atoms with Crippen LogP contribution in [0.5, 0.6) is 0 Å². The molecule has 0 aliphatic heterocycles. The lowest BCUT2D eigenvalue weighted by Gasteiger charge is -2.15. The molecule has 0 bridgehead atoms. The van der Waals surface area contributed by atoms with Crippen LogP contribution in [0, 0.1) is 5.92 Å². The molecule has 21 heavy (non-hydrogen) atoms. The van der Waals surface area contributed by atoms with E-state index in [1.165, 1.54) is 0 Å². The van der Waals surface area contributed by atoms with Crippen molar-refractivity contribution >= 4 is 16.9 Å². The fraction of sp³-hybridized carbons (Fsp3) is 0.400. The summed E-state index contributed by atoms with van der Waals surface area (Å²) in [6.45, 7) is 0. The van der Waals surface area contributed by atoms with Crippen LogP contribution in [0.15, 0.2) is 24.3 Å². The second-order valence-electron chi connectivity index (χ2n) is 5.53. The molecule has 0 saturated heterocycles. The number of carboxylic acid groups (broad SMARTS) is 1. The summed E-state index contributed by atoms with van der Waals surface area (Å²) in [5.41, 5.74) is 0.301. The Morgan fingerprint density at radius 3 is 2.67 bits per heavy atom. The van der Waals surface area contributed by atoms with Crippen molar-refractivity contribution in [3.05, 3.63) is 35.5 Å². The molecule has 1 fully saturated rings. The van der Waals surface area contributed by atoms with E-state index in [1.54, 1.807) is 18.2 Å². The Labute approximate surface area is 118 Å². The van der Waals surface area contributed by atoms with E-state index in [9.17, 15) is 18.0 Å². The average Bonchev–Trinajstić information content (AvgIpc) is 3.11. The van der Waals surface area contributed by atoms with Crippen molar-refractivity contribution in [2.75, 3.05) is 0 Å². The zero-order valence-corrected chi connectivity index (χ0v) is 11.1. The Morgan fingerprint density at radius 2 is 2.10 bits per heavy atom. The summed E-state index contributed by atoms with van der Waals surface area (Å²) in [5, 5.41) is 9.52. The van der Waals surface area contributed by atoms with E-state index >= 15 is 0 Å². The van der Waals surface area contributed by atoms with Crippen LogP contribution in [0.1, 0.15) is 36.4 Å². The molecule has 0 spiro atoms. The van der Waals surface area contributed by atoms with Crippen LogP contribution in [0.4, 0.5) is 13.2 Å². The predicted octanol–water partition coefficient (Wildman–Crippen LogP) is 4.16. The van der Waals surface area contributed by atoms with Crippen LogP contribution in [0.3, 0.4) is 0 Å². The molecule has 1 aromatic carbocycles. The predicted molar refractivity (Wildman–Crippen MR) is 71.0 cm³/mol. The fourth-order valence-electron chi connectivity index (χ4n) is 2.87. The molecule has 1 saturated carbocycles. The van der Waals surface area contributed by atoms with Gasteiger partial charge in [0, 0.05) is 10.9 Å². The van der Waals surface area contributed by atoms with Gasteiger partial charge in [-0.2, -0.15) is 13.2 Å². The zero-order chi connectivity index (χ0) is 15.2. The van der Waals surface area contributed by atoms with E-state index in [4.69, 9.17) is 5.11 Å². The van der Waals surface area contributed by atoms with Gasteiger partial charge in [-0.05, 0) is 42.4 Å². The van der Waals surface area contributed by atoms with E-state index in [2.05, 4.69) is 4.98 Å². The number of aromatic amines is 1. The minimum absolute atomic E-state index is 0.0453. The van der Waals surface area contributed by atoms with E-state index in [0.29, 0.717) is 16.5 Å². The molecule has 1 atom stereocenters. The molecule has 1 heterocycles. The summed E-state index contributed by atoms with van der Waals surface area (Å²) in [5.74, 6) is -0.880. The van der Waals surface area contributed by atoms with Gasteiger partial charge in [0.15, 0.2) is 0 Å². The van der Waals surface area contributed by atoms with Crippen LogP contribution in [-0.4, -0.2) is 16.1 Å². The zero-order valence-electron chi connectivity index (χ0n) is 11.1. The van der Waals surface area contributed by atoms with Gasteiger partial charge < -0.3 is 10.1 Å². The standard InChI is InChI=1S/C15H14F3NO2/c16-15(17,18)13-6-11-9(2-1-3-12(11)19-13)10(7-14(20)21)8-4-5-8/h1-3,6,8,10,19H,4-5,7H2,(H,20,21). The molecule has 1 aliphatic rings. The number of nitrogens with one attached hydrogen (secondary N) is 1. The maximum absolute atomic E-state index is 12.8. The van der Waals surface area contributed by atoms with Crippen molar-refractivity contribution in [1.29, 1.82) is 0 Å². The lowest BCUT2D eigenvalue weighted by atomic mass is 9.89. The van der Waals surface area contributed by atoms with Crippen molar-refractivity contribution in [2.45, 2.75) is 31.4 Å². The molecule has 3 nitrogen and oxygen atoms in total. The van der Waals surface area contributed by atoms with E-state index < -0.39 is 17.8 Å². The highest BCUT2D eigenvalue weighted by molar-refractivity contribution is 5.85. The number of alkyl halides is 3. The van der Waals surface area contributed by atoms with Crippen molar-refractivity contribution in [3.63, 3.8) is 0 Å². The molecule has 0 radical (unpaired) electrons. The molecule has 6 heteroatoms. The van der Waals surface area contributed by atoms with Crippen molar-refractivity contribution < 1.29 is 23.1 Å². The number of H-pyrrole nitrogens is 1. The van der Waals surface area contributed by atoms with Crippen LogP contribution >= 0.6 is 0 Å². The number of fused-ring (bicyclic) bond motifs is 1. The third-order valence-corrected chi connectivity index (χ3v) is 3.99. The topological polar surface area (TPSA) is 53.1 Å². The molecular formula is C15H14F3NO2. The number of hydrogen-bond acceptors (Lipinski definition) is 1. The van der Waals surface area contributed by atoms with Gasteiger partial charge in [0.05, 0.1) is 6.42 Å². The van der Waals surface area contributed by atoms with Crippen LogP contribution in [0.2, 0.25) is 0 Å². The average molecular weight is 297 g/mol. The van der Waals surface area contributed by atoms with Gasteiger partial charge in [0.25, 0.3) is 0 Å². The first-order valence-electron chi connectivity index (χ1n) is 6.77. The number of carboxylic acids is 1. The van der Waals surface area contributed by atoms with Crippen molar-refractivity contribution in [1.82, 2.24) is 4.98 Å². The third kappa shape index (κ3) is 2.75. The quantitative estimate of drug-likeness (QED) is 0.890. The summed E-state index contributed by atoms with van der Waals surface area (Å²) in [6, 6.07) is 6.08. The molecule has 1 aromatic heterocycles. The summed E-state index contributed by atoms with van der Waals surface area (Å²) < 4.78 is 38.4. The van der Waals surface area contributed by atoms with E-state index in [0.717, 1.165) is 18.9 Å². The Balaban J connectivity index is 2.08. The number of benzene rings is 1. The largest absolute Gasteiger partial charge is 0.481 e. The molecule has 3 rings (SSSR count). The maximum Gasteiger partial charge on any atom is 0.431 e. The Hall–Kier alpha value is -1.98. The molecule has 0 amide bonds. The van der Waals surface area contributed by atoms with Crippen LogP contribution < -0.4 is 0 Å². The normalized spacial score (nSPS) is 17.1. The van der Waals surface area contributed by atoms with Gasteiger partial charge in [-0.3, -0.25) is 4.79 Å². The Morgan fingerprint density at radius 1 is 1.38 bits per heavy atom. The van der Waals surface area contributed by atoms with Gasteiger partial charge in [-0.1, -0.05) is 12.1 Å². The summed E-state index contributed by atoms with van der Waals surface area (Å²) in [6.07, 6.45) is -2.61. The van der Waals surface area contributed by atoms with Crippen molar-refractivity contribution in [2.24, 2.45) is 5.92 Å². The first-order chi connectivity index (χ1) is 9.86. The Bertz CT molecular complexity index is 686. The van der Waals surface area contributed by atoms with Crippen molar-refractivity contribution in [3.8, 4) is 0 Å². The highest BCUT2D eigenvalue weighted by atomic mass is 19.4. The number of aromatic nitrogens is 1. The van der Waals surface area contributed by atoms with Crippen LogP contribution in [-0.2, 0) is 11.0 Å². The molecular weight excluding hydrogens is 283 g/mol. The molecule has 2 aromatic rings. The number of hydrogen-bond donors (Lipinski definition) is 2. The van der Waals surface area contributed by atoms with Gasteiger partial charge >= 0.3 is 12.1 Å². The van der Waals surface area contributed by atoms with Gasteiger partial charge in [-0.25, -0.2) is 0 Å². The summed E-state index contributed by atoms with van der Waals surface area (Å²) in [4.78, 5) is 13.4. The summed E-state index contributed by atoms with van der Waals surface area (Å²) in [7, 11) is 0. The fourth-order valence-corrected chi connectivity index (χ4v) is 2.87. The second-order valence-corrected chi connectivity index (χ2v) is 5.53. The number of carbonyl (C=O) groups is 1. The van der Waals surface area contributed by atoms with E-state index in [1.807, 2.05) is 0 Å². The second kappa shape index (κ2) is 4.79. The number of rotatable bonds is 4. The monoisotopic (exact) mass is 297 g/mol. The molecule has 2 N–H and O–H groups in total. The van der Waals surface area contributed by atoms with E-state index in [-0.39, 0.29) is 18.3 Å². The number of aliphatic carboxylic acids is 1. The first-order valence-corrected chi connectivity index (χ1v) is 6.77. The smallest absolute Gasteiger partial charge is 0.431 e.